The molecule has 4 rings (SSSR count). The lowest BCUT2D eigenvalue weighted by molar-refractivity contribution is 0.218. The summed E-state index contributed by atoms with van der Waals surface area (Å²) < 4.78 is 32.2. The van der Waals surface area contributed by atoms with Crippen LogP contribution in [0.1, 0.15) is 19.3 Å². The molecule has 1 saturated heterocycles. The summed E-state index contributed by atoms with van der Waals surface area (Å²) in [7, 11) is -3.10. The summed E-state index contributed by atoms with van der Waals surface area (Å²) in [6.45, 7) is 1.00. The first-order valence-corrected chi connectivity index (χ1v) is 9.14. The number of para-hydroxylation sites is 1. The molecule has 0 radical (unpaired) electrons. The lowest BCUT2D eigenvalue weighted by Gasteiger charge is -2.17. The summed E-state index contributed by atoms with van der Waals surface area (Å²) in [6, 6.07) is 9.72. The predicted molar refractivity (Wildman–Crippen MR) is 84.3 cm³/mol. The number of benzene rings is 1. The maximum absolute atomic E-state index is 12.3. The molecule has 0 N–H and O–H groups in total. The van der Waals surface area contributed by atoms with E-state index in [2.05, 4.69) is 4.98 Å². The van der Waals surface area contributed by atoms with Gasteiger partial charge in [0.1, 0.15) is 17.4 Å². The third-order valence-electron chi connectivity index (χ3n) is 4.30. The van der Waals surface area contributed by atoms with Crippen LogP contribution in [0.3, 0.4) is 0 Å². The molecule has 5 nitrogen and oxygen atoms in total. The van der Waals surface area contributed by atoms with Gasteiger partial charge < -0.3 is 4.74 Å². The highest BCUT2D eigenvalue weighted by atomic mass is 32.2. The molecular formula is C16H18N2O3S. The van der Waals surface area contributed by atoms with Crippen LogP contribution < -0.4 is 4.74 Å². The second-order valence-corrected chi connectivity index (χ2v) is 8.18. The van der Waals surface area contributed by atoms with Crippen molar-refractivity contribution in [1.29, 1.82) is 0 Å². The normalized spacial score (nSPS) is 23.0. The molecule has 116 valence electrons. The maximum Gasteiger partial charge on any atom is 0.217 e. The van der Waals surface area contributed by atoms with Crippen LogP contribution in [0, 0.1) is 0 Å². The zero-order chi connectivity index (χ0) is 15.2. The Labute approximate surface area is 130 Å². The third kappa shape index (κ3) is 2.46. The van der Waals surface area contributed by atoms with Crippen molar-refractivity contribution in [1.82, 2.24) is 9.29 Å². The number of hydrogen-bond donors (Lipinski definition) is 0. The Hall–Kier alpha value is -1.66. The first kappa shape index (κ1) is 14.0. The minimum absolute atomic E-state index is 0.0962. The van der Waals surface area contributed by atoms with Crippen LogP contribution in [-0.4, -0.2) is 42.2 Å². The topological polar surface area (TPSA) is 59.5 Å². The van der Waals surface area contributed by atoms with Gasteiger partial charge in [0.05, 0.1) is 11.8 Å². The molecule has 1 aromatic carbocycles. The van der Waals surface area contributed by atoms with Crippen molar-refractivity contribution < 1.29 is 13.2 Å². The second kappa shape index (κ2) is 5.21. The number of hydrogen-bond acceptors (Lipinski definition) is 4. The van der Waals surface area contributed by atoms with Gasteiger partial charge in [0.2, 0.25) is 10.0 Å². The molecule has 1 saturated carbocycles. The molecule has 1 atom stereocenters. The van der Waals surface area contributed by atoms with E-state index in [4.69, 9.17) is 4.74 Å². The lowest BCUT2D eigenvalue weighted by atomic mass is 10.2. The van der Waals surface area contributed by atoms with Crippen molar-refractivity contribution in [3.05, 3.63) is 36.5 Å². The van der Waals surface area contributed by atoms with E-state index in [1.807, 2.05) is 30.3 Å². The van der Waals surface area contributed by atoms with E-state index in [0.29, 0.717) is 13.1 Å². The van der Waals surface area contributed by atoms with Crippen molar-refractivity contribution in [3.63, 3.8) is 0 Å². The molecule has 2 aromatic rings. The van der Waals surface area contributed by atoms with Gasteiger partial charge in [-0.05, 0) is 31.4 Å². The van der Waals surface area contributed by atoms with Crippen molar-refractivity contribution >= 4 is 20.9 Å². The molecule has 1 unspecified atom stereocenters. The van der Waals surface area contributed by atoms with Crippen LogP contribution in [0.2, 0.25) is 0 Å². The highest BCUT2D eigenvalue weighted by Crippen LogP contribution is 2.33. The SMILES string of the molecule is O=S(=O)(C1CC1)N1CCC(Oc2cccc3cccnc23)C1. The van der Waals surface area contributed by atoms with Crippen LogP contribution >= 0.6 is 0 Å². The van der Waals surface area contributed by atoms with E-state index in [1.54, 1.807) is 10.5 Å². The number of rotatable bonds is 4. The molecule has 2 aliphatic rings. The smallest absolute Gasteiger partial charge is 0.217 e. The van der Waals surface area contributed by atoms with Gasteiger partial charge in [-0.25, -0.2) is 8.42 Å². The van der Waals surface area contributed by atoms with E-state index in [1.165, 1.54) is 0 Å². The van der Waals surface area contributed by atoms with Crippen LogP contribution in [0.5, 0.6) is 5.75 Å². The monoisotopic (exact) mass is 318 g/mol. The number of sulfonamides is 1. The van der Waals surface area contributed by atoms with Crippen molar-refractivity contribution in [2.24, 2.45) is 0 Å². The summed E-state index contributed by atoms with van der Waals surface area (Å²) in [5.74, 6) is 0.730. The fraction of sp³-hybridized carbons (Fsp3) is 0.438. The van der Waals surface area contributed by atoms with Gasteiger partial charge in [0, 0.05) is 18.1 Å². The third-order valence-corrected chi connectivity index (χ3v) is 6.67. The highest BCUT2D eigenvalue weighted by molar-refractivity contribution is 7.90. The minimum atomic E-state index is -3.10. The van der Waals surface area contributed by atoms with E-state index >= 15 is 0 Å². The maximum atomic E-state index is 12.3. The quantitative estimate of drug-likeness (QED) is 0.867. The van der Waals surface area contributed by atoms with Crippen LogP contribution in [0.15, 0.2) is 36.5 Å². The number of pyridine rings is 1. The summed E-state index contributed by atoms with van der Waals surface area (Å²) in [5.41, 5.74) is 0.827. The molecule has 1 aliphatic carbocycles. The largest absolute Gasteiger partial charge is 0.487 e. The van der Waals surface area contributed by atoms with Crippen LogP contribution in [-0.2, 0) is 10.0 Å². The number of fused-ring (bicyclic) bond motifs is 1. The van der Waals surface area contributed by atoms with Crippen LogP contribution in [0.4, 0.5) is 0 Å². The van der Waals surface area contributed by atoms with E-state index < -0.39 is 10.0 Å². The van der Waals surface area contributed by atoms with E-state index in [9.17, 15) is 8.42 Å². The van der Waals surface area contributed by atoms with E-state index in [0.717, 1.165) is 35.9 Å². The standard InChI is InChI=1S/C16H18N2O3S/c19-22(20,14-6-7-14)18-10-8-13(11-18)21-15-5-1-3-12-4-2-9-17-16(12)15/h1-5,9,13-14H,6-8,10-11H2. The second-order valence-electron chi connectivity index (χ2n) is 5.96. The number of nitrogens with zero attached hydrogens (tertiary/aromatic N) is 2. The average molecular weight is 318 g/mol. The van der Waals surface area contributed by atoms with E-state index in [-0.39, 0.29) is 11.4 Å². The molecule has 0 amide bonds. The Bertz CT molecular complexity index is 797. The van der Waals surface area contributed by atoms with Crippen LogP contribution in [0.25, 0.3) is 10.9 Å². The molecule has 6 heteroatoms. The van der Waals surface area contributed by atoms with Gasteiger partial charge in [-0.2, -0.15) is 4.31 Å². The van der Waals surface area contributed by atoms with Crippen molar-refractivity contribution in [2.45, 2.75) is 30.6 Å². The Morgan fingerprint density at radius 3 is 2.77 bits per heavy atom. The fourth-order valence-electron chi connectivity index (χ4n) is 2.95. The van der Waals surface area contributed by atoms with Gasteiger partial charge in [0.25, 0.3) is 0 Å². The van der Waals surface area contributed by atoms with Gasteiger partial charge in [-0.15, -0.1) is 0 Å². The molecular weight excluding hydrogens is 300 g/mol. The summed E-state index contributed by atoms with van der Waals surface area (Å²) >= 11 is 0. The molecule has 2 heterocycles. The lowest BCUT2D eigenvalue weighted by Crippen LogP contribution is -2.33. The molecule has 1 aliphatic heterocycles. The van der Waals surface area contributed by atoms with Crippen molar-refractivity contribution in [3.8, 4) is 5.75 Å². The summed E-state index contributed by atoms with van der Waals surface area (Å²) in [6.07, 6.45) is 3.99. The van der Waals surface area contributed by atoms with Crippen molar-refractivity contribution in [2.75, 3.05) is 13.1 Å². The fourth-order valence-corrected chi connectivity index (χ4v) is 4.84. The highest BCUT2D eigenvalue weighted by Gasteiger charge is 2.43. The Morgan fingerprint density at radius 1 is 1.14 bits per heavy atom. The number of ether oxygens (including phenoxy) is 1. The zero-order valence-corrected chi connectivity index (χ0v) is 13.0. The molecule has 0 bridgehead atoms. The zero-order valence-electron chi connectivity index (χ0n) is 12.2. The molecule has 1 aromatic heterocycles. The van der Waals surface area contributed by atoms with Gasteiger partial charge in [-0.1, -0.05) is 18.2 Å². The average Bonchev–Trinajstić information content (AvgIpc) is 3.28. The first-order valence-electron chi connectivity index (χ1n) is 7.64. The minimum Gasteiger partial charge on any atom is -0.487 e. The summed E-state index contributed by atoms with van der Waals surface area (Å²) in [4.78, 5) is 4.37. The van der Waals surface area contributed by atoms with Gasteiger partial charge in [-0.3, -0.25) is 4.98 Å². The van der Waals surface area contributed by atoms with Gasteiger partial charge >= 0.3 is 0 Å². The molecule has 2 fully saturated rings. The van der Waals surface area contributed by atoms with Gasteiger partial charge in [0.15, 0.2) is 0 Å². The molecule has 22 heavy (non-hydrogen) atoms. The number of aromatic nitrogens is 1. The molecule has 0 spiro atoms. The Morgan fingerprint density at radius 2 is 1.95 bits per heavy atom. The Kier molecular flexibility index (Phi) is 3.31. The first-order chi connectivity index (χ1) is 10.6. The Balaban J connectivity index is 1.52. The summed E-state index contributed by atoms with van der Waals surface area (Å²) in [5, 5.41) is 0.880. The predicted octanol–water partition coefficient (Wildman–Crippen LogP) is 2.18.